The van der Waals surface area contributed by atoms with Gasteiger partial charge in [-0.05, 0) is 49.9 Å². The number of rotatable bonds is 6. The quantitative estimate of drug-likeness (QED) is 0.762. The first kappa shape index (κ1) is 19.3. The van der Waals surface area contributed by atoms with E-state index in [2.05, 4.69) is 15.0 Å². The second-order valence-electron chi connectivity index (χ2n) is 8.00. The Hall–Kier alpha value is -2.07. The van der Waals surface area contributed by atoms with E-state index < -0.39 is 21.6 Å². The number of hydrogen-bond donors (Lipinski definition) is 2. The molecule has 3 aliphatic carbocycles. The number of sulfonamides is 1. The lowest BCUT2D eigenvalue weighted by Gasteiger charge is -2.70. The summed E-state index contributed by atoms with van der Waals surface area (Å²) in [7, 11) is -0.493. The van der Waals surface area contributed by atoms with Gasteiger partial charge in [0.1, 0.15) is 0 Å². The van der Waals surface area contributed by atoms with Crippen LogP contribution in [0, 0.1) is 10.8 Å². The molecule has 0 atom stereocenters. The summed E-state index contributed by atoms with van der Waals surface area (Å²) in [6.45, 7) is 0.419. The number of hydrogen-bond acceptors (Lipinski definition) is 4. The maximum atomic E-state index is 13.0. The van der Waals surface area contributed by atoms with Crippen LogP contribution >= 0.6 is 0 Å². The lowest BCUT2D eigenvalue weighted by molar-refractivity contribution is -0.359. The van der Waals surface area contributed by atoms with Crippen molar-refractivity contribution in [3.05, 3.63) is 30.7 Å². The van der Waals surface area contributed by atoms with Crippen LogP contribution in [0.5, 0.6) is 0 Å². The molecule has 0 aliphatic heterocycles. The summed E-state index contributed by atoms with van der Waals surface area (Å²) in [5.74, 6) is 0. The number of alkyl halides is 3. The number of anilines is 1. The smallest absolute Gasteiger partial charge is 0.384 e. The molecule has 1 aromatic carbocycles. The monoisotopic (exact) mass is 414 g/mol. The fourth-order valence-corrected chi connectivity index (χ4v) is 5.25. The van der Waals surface area contributed by atoms with Gasteiger partial charge in [0.25, 0.3) is 0 Å². The number of benzene rings is 1. The molecule has 0 spiro atoms. The van der Waals surface area contributed by atoms with Gasteiger partial charge in [0.15, 0.2) is 0 Å². The Balaban J connectivity index is 1.58. The molecule has 2 aromatic rings. The third-order valence-corrected chi connectivity index (χ3v) is 7.36. The van der Waals surface area contributed by atoms with Crippen LogP contribution < -0.4 is 10.0 Å². The molecule has 3 aliphatic rings. The van der Waals surface area contributed by atoms with E-state index in [1.165, 1.54) is 19.2 Å². The van der Waals surface area contributed by atoms with Gasteiger partial charge in [-0.15, -0.1) is 0 Å². The van der Waals surface area contributed by atoms with Crippen LogP contribution in [-0.4, -0.2) is 37.7 Å². The molecule has 1 aromatic heterocycles. The predicted molar refractivity (Wildman–Crippen MR) is 98.2 cm³/mol. The fraction of sp³-hybridized carbons (Fsp3) is 0.500. The lowest BCUT2D eigenvalue weighted by Crippen LogP contribution is -2.70. The minimum absolute atomic E-state index is 0.0998. The molecule has 1 heterocycles. The topological polar surface area (TPSA) is 76.0 Å². The second-order valence-corrected chi connectivity index (χ2v) is 9.89. The van der Waals surface area contributed by atoms with Crippen molar-refractivity contribution >= 4 is 15.7 Å². The van der Waals surface area contributed by atoms with Gasteiger partial charge in [-0.2, -0.15) is 13.2 Å². The van der Waals surface area contributed by atoms with E-state index in [4.69, 9.17) is 0 Å². The highest BCUT2D eigenvalue weighted by molar-refractivity contribution is 7.89. The minimum atomic E-state index is -4.13. The molecule has 2 N–H and O–H groups in total. The number of imidazole rings is 1. The maximum absolute atomic E-state index is 13.0. The molecule has 5 rings (SSSR count). The highest BCUT2D eigenvalue weighted by Gasteiger charge is 2.77. The Labute approximate surface area is 161 Å². The molecular formula is C18H21F3N4O2S. The first-order valence-corrected chi connectivity index (χ1v) is 10.3. The van der Waals surface area contributed by atoms with Crippen LogP contribution in [0.25, 0.3) is 11.3 Å². The molecule has 0 saturated heterocycles. The zero-order valence-corrected chi connectivity index (χ0v) is 16.3. The van der Waals surface area contributed by atoms with Crippen LogP contribution in [0.3, 0.4) is 0 Å². The van der Waals surface area contributed by atoms with Gasteiger partial charge in [0.2, 0.25) is 10.0 Å². The van der Waals surface area contributed by atoms with Crippen molar-refractivity contribution in [2.45, 2.75) is 30.3 Å². The van der Waals surface area contributed by atoms with Crippen molar-refractivity contribution < 1.29 is 21.6 Å². The van der Waals surface area contributed by atoms with Gasteiger partial charge in [-0.1, -0.05) is 0 Å². The van der Waals surface area contributed by atoms with E-state index in [9.17, 15) is 21.6 Å². The Morgan fingerprint density at radius 3 is 2.46 bits per heavy atom. The van der Waals surface area contributed by atoms with Gasteiger partial charge in [-0.25, -0.2) is 18.1 Å². The molecule has 3 saturated carbocycles. The van der Waals surface area contributed by atoms with Gasteiger partial charge in [0, 0.05) is 31.0 Å². The van der Waals surface area contributed by atoms with Gasteiger partial charge >= 0.3 is 6.18 Å². The third kappa shape index (κ3) is 2.89. The standard InChI is InChI=1S/C18H21F3N4O2S/c1-22-28(26,27)12-3-4-14(13(5-12)15-6-25(2)11-24-15)23-10-16-7-17(8-16,9-16)18(19,20)21/h3-6,11,22-23H,7-10H2,1-2H3. The summed E-state index contributed by atoms with van der Waals surface area (Å²) in [4.78, 5) is 4.39. The molecule has 0 unspecified atom stereocenters. The lowest BCUT2D eigenvalue weighted by atomic mass is 9.35. The summed E-state index contributed by atoms with van der Waals surface area (Å²) in [6.07, 6.45) is -0.301. The highest BCUT2D eigenvalue weighted by Crippen LogP contribution is 2.78. The minimum Gasteiger partial charge on any atom is -0.384 e. The Kier molecular flexibility index (Phi) is 4.10. The van der Waals surface area contributed by atoms with Crippen molar-refractivity contribution in [2.24, 2.45) is 17.9 Å². The average Bonchev–Trinajstić information content (AvgIpc) is 2.97. The molecule has 28 heavy (non-hydrogen) atoms. The number of aryl methyl sites for hydroxylation is 1. The number of nitrogens with zero attached hydrogens (tertiary/aromatic N) is 2. The molecule has 6 nitrogen and oxygen atoms in total. The maximum Gasteiger partial charge on any atom is 0.394 e. The molecule has 10 heteroatoms. The zero-order chi connectivity index (χ0) is 20.4. The Bertz CT molecular complexity index is 1010. The Morgan fingerprint density at radius 2 is 1.93 bits per heavy atom. The first-order valence-electron chi connectivity index (χ1n) is 8.86. The van der Waals surface area contributed by atoms with E-state index in [1.54, 1.807) is 30.2 Å². The molecule has 0 radical (unpaired) electrons. The third-order valence-electron chi connectivity index (χ3n) is 5.95. The van der Waals surface area contributed by atoms with Crippen LogP contribution in [0.2, 0.25) is 0 Å². The molecule has 3 fully saturated rings. The van der Waals surface area contributed by atoms with Gasteiger partial charge in [-0.3, -0.25) is 0 Å². The number of halogens is 3. The summed E-state index contributed by atoms with van der Waals surface area (Å²) in [6, 6.07) is 4.63. The van der Waals surface area contributed by atoms with Crippen LogP contribution in [0.15, 0.2) is 35.6 Å². The normalized spacial score (nSPS) is 26.5. The average molecular weight is 414 g/mol. The van der Waals surface area contributed by atoms with E-state index >= 15 is 0 Å². The van der Waals surface area contributed by atoms with Crippen LogP contribution in [0.4, 0.5) is 18.9 Å². The SMILES string of the molecule is CNS(=O)(=O)c1ccc(NCC23CC(C(F)(F)F)(C2)C3)c(-c2cn(C)cn2)c1. The van der Waals surface area contributed by atoms with E-state index in [-0.39, 0.29) is 29.6 Å². The fourth-order valence-electron chi connectivity index (χ4n) is 4.50. The molecule has 2 bridgehead atoms. The summed E-state index contributed by atoms with van der Waals surface area (Å²) in [5, 5.41) is 3.23. The number of aromatic nitrogens is 2. The number of nitrogens with one attached hydrogen (secondary N) is 2. The molecule has 0 amide bonds. The molecule has 152 valence electrons. The van der Waals surface area contributed by atoms with Crippen molar-refractivity contribution in [2.75, 3.05) is 18.9 Å². The summed E-state index contributed by atoms with van der Waals surface area (Å²) < 4.78 is 67.4. The van der Waals surface area contributed by atoms with Crippen molar-refractivity contribution in [1.82, 2.24) is 14.3 Å². The van der Waals surface area contributed by atoms with E-state index in [0.717, 1.165) is 0 Å². The van der Waals surface area contributed by atoms with Crippen LogP contribution in [-0.2, 0) is 17.1 Å². The highest BCUT2D eigenvalue weighted by atomic mass is 32.2. The zero-order valence-electron chi connectivity index (χ0n) is 15.5. The largest absolute Gasteiger partial charge is 0.394 e. The Morgan fingerprint density at radius 1 is 1.25 bits per heavy atom. The summed E-state index contributed by atoms with van der Waals surface area (Å²) in [5.41, 5.74) is 0.0201. The van der Waals surface area contributed by atoms with E-state index in [0.29, 0.717) is 23.5 Å². The van der Waals surface area contributed by atoms with Crippen LogP contribution in [0.1, 0.15) is 19.3 Å². The predicted octanol–water partition coefficient (Wildman–Crippen LogP) is 3.14. The second kappa shape index (κ2) is 5.96. The van der Waals surface area contributed by atoms with Crippen molar-refractivity contribution in [1.29, 1.82) is 0 Å². The van der Waals surface area contributed by atoms with E-state index in [1.807, 2.05) is 0 Å². The van der Waals surface area contributed by atoms with Gasteiger partial charge in [0.05, 0.1) is 22.3 Å². The van der Waals surface area contributed by atoms with Gasteiger partial charge < -0.3 is 9.88 Å². The molecular weight excluding hydrogens is 393 g/mol. The summed E-state index contributed by atoms with van der Waals surface area (Å²) >= 11 is 0. The van der Waals surface area contributed by atoms with Crippen molar-refractivity contribution in [3.63, 3.8) is 0 Å². The van der Waals surface area contributed by atoms with Crippen molar-refractivity contribution in [3.8, 4) is 11.3 Å². The first-order chi connectivity index (χ1) is 13.0.